The summed E-state index contributed by atoms with van der Waals surface area (Å²) in [6.45, 7) is 7.22. The summed E-state index contributed by atoms with van der Waals surface area (Å²) in [5.74, 6) is -0.175. The number of amides is 1. The van der Waals surface area contributed by atoms with Gasteiger partial charge in [0.05, 0.1) is 5.56 Å². The van der Waals surface area contributed by atoms with Gasteiger partial charge in [0, 0.05) is 38.8 Å². The average Bonchev–Trinajstić information content (AvgIpc) is 2.45. The number of hydrogen-bond donors (Lipinski definition) is 0. The minimum Gasteiger partial charge on any atom is -0.368 e. The second-order valence-corrected chi connectivity index (χ2v) is 5.92. The first-order chi connectivity index (χ1) is 10.2. The van der Waals surface area contributed by atoms with Crippen molar-refractivity contribution in [2.75, 3.05) is 31.1 Å². The molecule has 0 N–H and O–H groups in total. The first kappa shape index (κ1) is 16.6. The van der Waals surface area contributed by atoms with E-state index in [4.69, 9.17) is 0 Å². The molecule has 0 bridgehead atoms. The van der Waals surface area contributed by atoms with Crippen LogP contribution in [0.3, 0.4) is 0 Å². The van der Waals surface area contributed by atoms with Crippen molar-refractivity contribution in [2.24, 2.45) is 0 Å². The number of hydrogen-bond acceptors (Lipinski definition) is 2. The Balaban J connectivity index is 2.25. The monoisotopic (exact) mass is 314 g/mol. The number of alkyl halides is 3. The second kappa shape index (κ2) is 6.18. The molecule has 2 rings (SSSR count). The Labute approximate surface area is 128 Å². The molecule has 122 valence electrons. The molecule has 1 heterocycles. The molecule has 0 aliphatic carbocycles. The van der Waals surface area contributed by atoms with E-state index in [1.165, 1.54) is 13.0 Å². The topological polar surface area (TPSA) is 23.6 Å². The summed E-state index contributed by atoms with van der Waals surface area (Å²) in [6, 6.07) is 4.55. The Morgan fingerprint density at radius 3 is 2.18 bits per heavy atom. The molecule has 1 aromatic carbocycles. The van der Waals surface area contributed by atoms with Gasteiger partial charge < -0.3 is 9.80 Å². The molecule has 0 radical (unpaired) electrons. The first-order valence-electron chi connectivity index (χ1n) is 7.41. The smallest absolute Gasteiger partial charge is 0.368 e. The zero-order chi connectivity index (χ0) is 16.5. The summed E-state index contributed by atoms with van der Waals surface area (Å²) in [5, 5.41) is 0. The summed E-state index contributed by atoms with van der Waals surface area (Å²) in [4.78, 5) is 14.9. The normalized spacial score (nSPS) is 16.3. The molecule has 1 aliphatic rings. The quantitative estimate of drug-likeness (QED) is 0.834. The molecule has 3 nitrogen and oxygen atoms in total. The van der Waals surface area contributed by atoms with Gasteiger partial charge in [-0.25, -0.2) is 0 Å². The maximum Gasteiger partial charge on any atom is 0.416 e. The molecule has 1 aliphatic heterocycles. The van der Waals surface area contributed by atoms with Crippen LogP contribution in [0.15, 0.2) is 18.2 Å². The maximum absolute atomic E-state index is 13.3. The van der Waals surface area contributed by atoms with Gasteiger partial charge in [-0.2, -0.15) is 13.2 Å². The standard InChI is InChI=1S/C16H21F3N2O/c1-11(2)14-5-4-13(10-15(14)16(17,18)19)21-8-6-20(7-9-21)12(3)22/h4-5,10-11H,6-9H2,1-3H3. The zero-order valence-corrected chi connectivity index (χ0v) is 13.1. The third-order valence-corrected chi connectivity index (χ3v) is 4.05. The van der Waals surface area contributed by atoms with Gasteiger partial charge in [0.25, 0.3) is 0 Å². The molecule has 0 atom stereocenters. The van der Waals surface area contributed by atoms with Crippen molar-refractivity contribution in [2.45, 2.75) is 32.9 Å². The largest absolute Gasteiger partial charge is 0.416 e. The van der Waals surface area contributed by atoms with Crippen molar-refractivity contribution < 1.29 is 18.0 Å². The predicted octanol–water partition coefficient (Wildman–Crippen LogP) is 3.50. The fraction of sp³-hybridized carbons (Fsp3) is 0.562. The highest BCUT2D eigenvalue weighted by molar-refractivity contribution is 5.73. The van der Waals surface area contributed by atoms with E-state index in [1.807, 2.05) is 4.90 Å². The minimum atomic E-state index is -4.35. The van der Waals surface area contributed by atoms with Crippen LogP contribution in [0, 0.1) is 0 Å². The Morgan fingerprint density at radius 2 is 1.73 bits per heavy atom. The van der Waals surface area contributed by atoms with Crippen LogP contribution < -0.4 is 4.90 Å². The van der Waals surface area contributed by atoms with Gasteiger partial charge in [-0.1, -0.05) is 19.9 Å². The van der Waals surface area contributed by atoms with Crippen LogP contribution in [-0.2, 0) is 11.0 Å². The summed E-state index contributed by atoms with van der Waals surface area (Å²) >= 11 is 0. The number of benzene rings is 1. The lowest BCUT2D eigenvalue weighted by atomic mass is 9.96. The molecule has 22 heavy (non-hydrogen) atoms. The van der Waals surface area contributed by atoms with Gasteiger partial charge in [-0.05, 0) is 23.6 Å². The summed E-state index contributed by atoms with van der Waals surface area (Å²) in [5.41, 5.74) is 0.326. The second-order valence-electron chi connectivity index (χ2n) is 5.92. The van der Waals surface area contributed by atoms with Crippen molar-refractivity contribution in [3.8, 4) is 0 Å². The van der Waals surface area contributed by atoms with Gasteiger partial charge in [-0.3, -0.25) is 4.79 Å². The van der Waals surface area contributed by atoms with E-state index in [-0.39, 0.29) is 11.8 Å². The molecule has 1 saturated heterocycles. The van der Waals surface area contributed by atoms with Crippen molar-refractivity contribution in [3.63, 3.8) is 0 Å². The summed E-state index contributed by atoms with van der Waals surface area (Å²) in [7, 11) is 0. The lowest BCUT2D eigenvalue weighted by Gasteiger charge is -2.36. The van der Waals surface area contributed by atoms with Crippen molar-refractivity contribution in [1.29, 1.82) is 0 Å². The molecule has 1 fully saturated rings. The van der Waals surface area contributed by atoms with Crippen molar-refractivity contribution in [3.05, 3.63) is 29.3 Å². The molecular weight excluding hydrogens is 293 g/mol. The van der Waals surface area contributed by atoms with Crippen LogP contribution >= 0.6 is 0 Å². The highest BCUT2D eigenvalue weighted by atomic mass is 19.4. The maximum atomic E-state index is 13.3. The minimum absolute atomic E-state index is 0.00536. The van der Waals surface area contributed by atoms with Gasteiger partial charge in [0.15, 0.2) is 0 Å². The van der Waals surface area contributed by atoms with E-state index in [0.29, 0.717) is 37.4 Å². The molecule has 0 unspecified atom stereocenters. The van der Waals surface area contributed by atoms with Crippen LogP contribution in [0.2, 0.25) is 0 Å². The average molecular weight is 314 g/mol. The Kier molecular flexibility index (Phi) is 4.68. The van der Waals surface area contributed by atoms with Crippen LogP contribution in [0.4, 0.5) is 18.9 Å². The fourth-order valence-electron chi connectivity index (χ4n) is 2.77. The lowest BCUT2D eigenvalue weighted by molar-refractivity contribution is -0.138. The van der Waals surface area contributed by atoms with E-state index >= 15 is 0 Å². The molecule has 0 aromatic heterocycles. The number of halogens is 3. The molecule has 6 heteroatoms. The Morgan fingerprint density at radius 1 is 1.14 bits per heavy atom. The van der Waals surface area contributed by atoms with Crippen LogP contribution in [-0.4, -0.2) is 37.0 Å². The van der Waals surface area contributed by atoms with Gasteiger partial charge in [0.1, 0.15) is 0 Å². The number of carbonyl (C=O) groups is 1. The summed E-state index contributed by atoms with van der Waals surface area (Å²) in [6.07, 6.45) is -4.35. The SMILES string of the molecule is CC(=O)N1CCN(c2ccc(C(C)C)c(C(F)(F)F)c2)CC1. The van der Waals surface area contributed by atoms with Gasteiger partial charge in [0.2, 0.25) is 5.91 Å². The number of rotatable bonds is 2. The highest BCUT2D eigenvalue weighted by Crippen LogP contribution is 2.37. The first-order valence-corrected chi connectivity index (χ1v) is 7.41. The van der Waals surface area contributed by atoms with E-state index in [9.17, 15) is 18.0 Å². The molecular formula is C16H21F3N2O. The summed E-state index contributed by atoms with van der Waals surface area (Å²) < 4.78 is 39.8. The molecule has 1 amide bonds. The van der Waals surface area contributed by atoms with Crippen LogP contribution in [0.1, 0.15) is 37.8 Å². The van der Waals surface area contributed by atoms with Gasteiger partial charge in [-0.15, -0.1) is 0 Å². The number of carbonyl (C=O) groups excluding carboxylic acids is 1. The van der Waals surface area contributed by atoms with E-state index < -0.39 is 11.7 Å². The molecule has 1 aromatic rings. The van der Waals surface area contributed by atoms with E-state index in [2.05, 4.69) is 0 Å². The lowest BCUT2D eigenvalue weighted by Crippen LogP contribution is -2.48. The van der Waals surface area contributed by atoms with Crippen LogP contribution in [0.5, 0.6) is 0 Å². The third-order valence-electron chi connectivity index (χ3n) is 4.05. The van der Waals surface area contributed by atoms with Crippen molar-refractivity contribution in [1.82, 2.24) is 4.90 Å². The number of piperazine rings is 1. The van der Waals surface area contributed by atoms with E-state index in [1.54, 1.807) is 30.9 Å². The Hall–Kier alpha value is -1.72. The fourth-order valence-corrected chi connectivity index (χ4v) is 2.77. The zero-order valence-electron chi connectivity index (χ0n) is 13.1. The highest BCUT2D eigenvalue weighted by Gasteiger charge is 2.34. The Bertz CT molecular complexity index is 547. The number of nitrogens with zero attached hydrogens (tertiary/aromatic N) is 2. The molecule has 0 saturated carbocycles. The van der Waals surface area contributed by atoms with Crippen LogP contribution in [0.25, 0.3) is 0 Å². The number of anilines is 1. The van der Waals surface area contributed by atoms with Gasteiger partial charge >= 0.3 is 6.18 Å². The molecule has 0 spiro atoms. The van der Waals surface area contributed by atoms with Crippen molar-refractivity contribution >= 4 is 11.6 Å². The third kappa shape index (κ3) is 3.54. The van der Waals surface area contributed by atoms with E-state index in [0.717, 1.165) is 0 Å². The predicted molar refractivity (Wildman–Crippen MR) is 80.0 cm³/mol.